The molecule has 0 radical (unpaired) electrons. The first-order valence-corrected chi connectivity index (χ1v) is 12.0. The maximum Gasteiger partial charge on any atom is 0.242 e. The van der Waals surface area contributed by atoms with Crippen molar-refractivity contribution in [3.63, 3.8) is 0 Å². The van der Waals surface area contributed by atoms with E-state index < -0.39 is 0 Å². The van der Waals surface area contributed by atoms with E-state index in [4.69, 9.17) is 11.6 Å². The minimum absolute atomic E-state index is 0.0253. The molecule has 33 heavy (non-hydrogen) atoms. The van der Waals surface area contributed by atoms with Gasteiger partial charge in [0.1, 0.15) is 17.7 Å². The minimum atomic E-state index is -0.377. The Bertz CT molecular complexity index is 1030. The Morgan fingerprint density at radius 1 is 1.12 bits per heavy atom. The summed E-state index contributed by atoms with van der Waals surface area (Å²) in [6.45, 7) is 0.457. The van der Waals surface area contributed by atoms with Crippen molar-refractivity contribution in [3.05, 3.63) is 65.4 Å². The predicted molar refractivity (Wildman–Crippen MR) is 133 cm³/mol. The van der Waals surface area contributed by atoms with E-state index in [2.05, 4.69) is 25.9 Å². The average Bonchev–Trinajstić information content (AvgIpc) is 3.39. The van der Waals surface area contributed by atoms with Crippen LogP contribution in [0.1, 0.15) is 44.1 Å². The van der Waals surface area contributed by atoms with Gasteiger partial charge < -0.3 is 20.5 Å². The third kappa shape index (κ3) is 6.48. The van der Waals surface area contributed by atoms with Crippen LogP contribution in [-0.4, -0.2) is 33.5 Å². The Balaban J connectivity index is 1.51. The van der Waals surface area contributed by atoms with Gasteiger partial charge in [-0.15, -0.1) is 0 Å². The second-order valence-electron chi connectivity index (χ2n) is 8.56. The van der Waals surface area contributed by atoms with Crippen LogP contribution >= 0.6 is 11.6 Å². The number of aromatic nitrogens is 3. The SMILES string of the molecule is CNc1nc(N[C@H](CC2CCCCC2)C(=O)NCc2ccc(Cl)cc2)cc(-n2cccc2)n1. The molecule has 8 heteroatoms. The predicted octanol–water partition coefficient (Wildman–Crippen LogP) is 5.03. The molecule has 1 fully saturated rings. The molecule has 0 aliphatic heterocycles. The van der Waals surface area contributed by atoms with Gasteiger partial charge in [0.2, 0.25) is 11.9 Å². The second kappa shape index (κ2) is 11.2. The number of amides is 1. The summed E-state index contributed by atoms with van der Waals surface area (Å²) in [5.41, 5.74) is 1.01. The maximum absolute atomic E-state index is 13.3. The van der Waals surface area contributed by atoms with Crippen LogP contribution in [0.3, 0.4) is 0 Å². The van der Waals surface area contributed by atoms with Crippen LogP contribution < -0.4 is 16.0 Å². The van der Waals surface area contributed by atoms with Crippen LogP contribution in [0.25, 0.3) is 5.82 Å². The van der Waals surface area contributed by atoms with Crippen molar-refractivity contribution < 1.29 is 4.79 Å². The normalized spacial score (nSPS) is 15.1. The highest BCUT2D eigenvalue weighted by Gasteiger charge is 2.25. The lowest BCUT2D eigenvalue weighted by atomic mass is 9.84. The van der Waals surface area contributed by atoms with Gasteiger partial charge in [-0.25, -0.2) is 0 Å². The minimum Gasteiger partial charge on any atom is -0.358 e. The Morgan fingerprint density at radius 2 is 1.85 bits per heavy atom. The fraction of sp³-hybridized carbons (Fsp3) is 0.400. The lowest BCUT2D eigenvalue weighted by molar-refractivity contribution is -0.122. The number of anilines is 2. The molecule has 3 aromatic rings. The summed E-state index contributed by atoms with van der Waals surface area (Å²) in [5.74, 6) is 2.37. The van der Waals surface area contributed by atoms with Crippen molar-refractivity contribution in [1.82, 2.24) is 19.9 Å². The maximum atomic E-state index is 13.3. The molecule has 1 atom stereocenters. The van der Waals surface area contributed by atoms with Gasteiger partial charge >= 0.3 is 0 Å². The van der Waals surface area contributed by atoms with Crippen molar-refractivity contribution in [2.24, 2.45) is 5.92 Å². The van der Waals surface area contributed by atoms with Crippen LogP contribution in [-0.2, 0) is 11.3 Å². The first-order chi connectivity index (χ1) is 16.1. The third-order valence-electron chi connectivity index (χ3n) is 6.12. The smallest absolute Gasteiger partial charge is 0.242 e. The molecule has 0 spiro atoms. The first kappa shape index (κ1) is 23.1. The number of benzene rings is 1. The van der Waals surface area contributed by atoms with Gasteiger partial charge in [0.25, 0.3) is 0 Å². The van der Waals surface area contributed by atoms with Crippen molar-refractivity contribution in [3.8, 4) is 5.82 Å². The Kier molecular flexibility index (Phi) is 7.83. The zero-order valence-corrected chi connectivity index (χ0v) is 19.7. The van der Waals surface area contributed by atoms with Crippen LogP contribution in [0.5, 0.6) is 0 Å². The number of carbonyl (C=O) groups is 1. The average molecular weight is 467 g/mol. The summed E-state index contributed by atoms with van der Waals surface area (Å²) >= 11 is 5.98. The summed E-state index contributed by atoms with van der Waals surface area (Å²) in [7, 11) is 1.79. The van der Waals surface area contributed by atoms with Gasteiger partial charge in [0, 0.05) is 37.1 Å². The van der Waals surface area contributed by atoms with Gasteiger partial charge in [0.05, 0.1) is 0 Å². The molecular weight excluding hydrogens is 436 g/mol. The standard InChI is InChI=1S/C25H31ClN6O/c1-27-25-30-22(16-23(31-25)32-13-5-6-14-32)29-21(15-18-7-3-2-4-8-18)24(33)28-17-19-9-11-20(26)12-10-19/h5-6,9-14,16,18,21H,2-4,7-8,15,17H2,1H3,(H,28,33)(H2,27,29,30,31)/t21-/m1/s1. The first-order valence-electron chi connectivity index (χ1n) is 11.6. The zero-order valence-electron chi connectivity index (χ0n) is 18.9. The van der Waals surface area contributed by atoms with Crippen LogP contribution in [0, 0.1) is 5.92 Å². The molecule has 3 N–H and O–H groups in total. The van der Waals surface area contributed by atoms with E-state index in [0.717, 1.165) is 17.8 Å². The number of nitrogens with one attached hydrogen (secondary N) is 3. The molecule has 7 nitrogen and oxygen atoms in total. The van der Waals surface area contributed by atoms with Crippen molar-refractivity contribution in [2.75, 3.05) is 17.7 Å². The van der Waals surface area contributed by atoms with Crippen molar-refractivity contribution >= 4 is 29.3 Å². The molecule has 2 aromatic heterocycles. The number of carbonyl (C=O) groups excluding carboxylic acids is 1. The molecule has 1 saturated carbocycles. The molecule has 1 aromatic carbocycles. The number of halogens is 1. The molecule has 1 aliphatic carbocycles. The highest BCUT2D eigenvalue weighted by atomic mass is 35.5. The van der Waals surface area contributed by atoms with Gasteiger partial charge in [-0.2, -0.15) is 9.97 Å². The Morgan fingerprint density at radius 3 is 2.55 bits per heavy atom. The van der Waals surface area contributed by atoms with E-state index >= 15 is 0 Å². The number of hydrogen-bond acceptors (Lipinski definition) is 5. The highest BCUT2D eigenvalue weighted by molar-refractivity contribution is 6.30. The fourth-order valence-corrected chi connectivity index (χ4v) is 4.45. The fourth-order valence-electron chi connectivity index (χ4n) is 4.32. The summed E-state index contributed by atoms with van der Waals surface area (Å²) in [5, 5.41) is 10.2. The number of hydrogen-bond donors (Lipinski definition) is 3. The lowest BCUT2D eigenvalue weighted by Gasteiger charge is -2.27. The molecule has 2 heterocycles. The van der Waals surface area contributed by atoms with Crippen LogP contribution in [0.4, 0.5) is 11.8 Å². The van der Waals surface area contributed by atoms with E-state index in [1.54, 1.807) is 7.05 Å². The summed E-state index contributed by atoms with van der Waals surface area (Å²) in [4.78, 5) is 22.4. The molecule has 0 bridgehead atoms. The van der Waals surface area contributed by atoms with Crippen LogP contribution in [0.15, 0.2) is 54.9 Å². The highest BCUT2D eigenvalue weighted by Crippen LogP contribution is 2.28. The van der Waals surface area contributed by atoms with E-state index in [1.807, 2.05) is 59.4 Å². The largest absolute Gasteiger partial charge is 0.358 e. The van der Waals surface area contributed by atoms with Crippen molar-refractivity contribution in [2.45, 2.75) is 51.1 Å². The zero-order chi connectivity index (χ0) is 23.0. The van der Waals surface area contributed by atoms with Crippen LogP contribution in [0.2, 0.25) is 5.02 Å². The van der Waals surface area contributed by atoms with E-state index in [-0.39, 0.29) is 11.9 Å². The third-order valence-corrected chi connectivity index (χ3v) is 6.37. The van der Waals surface area contributed by atoms with Crippen molar-refractivity contribution in [1.29, 1.82) is 0 Å². The lowest BCUT2D eigenvalue weighted by Crippen LogP contribution is -2.41. The molecule has 174 valence electrons. The second-order valence-corrected chi connectivity index (χ2v) is 8.99. The van der Waals surface area contributed by atoms with E-state index in [1.165, 1.54) is 32.1 Å². The summed E-state index contributed by atoms with van der Waals surface area (Å²) < 4.78 is 1.92. The topological polar surface area (TPSA) is 83.9 Å². The molecule has 0 unspecified atom stereocenters. The van der Waals surface area contributed by atoms with Gasteiger partial charge in [-0.3, -0.25) is 4.79 Å². The number of nitrogens with zero attached hydrogens (tertiary/aromatic N) is 3. The monoisotopic (exact) mass is 466 g/mol. The quantitative estimate of drug-likeness (QED) is 0.412. The Labute approximate surface area is 200 Å². The van der Waals surface area contributed by atoms with E-state index in [9.17, 15) is 4.79 Å². The molecule has 0 saturated heterocycles. The molecule has 4 rings (SSSR count). The Hall–Kier alpha value is -3.06. The van der Waals surface area contributed by atoms with Gasteiger partial charge in [-0.1, -0.05) is 55.8 Å². The summed E-state index contributed by atoms with van der Waals surface area (Å²) in [6, 6.07) is 12.9. The number of rotatable bonds is 9. The van der Waals surface area contributed by atoms with Gasteiger partial charge in [0.15, 0.2) is 0 Å². The molecular formula is C25H31ClN6O. The molecule has 1 amide bonds. The molecule has 1 aliphatic rings. The van der Waals surface area contributed by atoms with E-state index in [0.29, 0.717) is 29.3 Å². The van der Waals surface area contributed by atoms with Gasteiger partial charge in [-0.05, 0) is 42.2 Å². The summed E-state index contributed by atoms with van der Waals surface area (Å²) in [6.07, 6.45) is 10.7.